The summed E-state index contributed by atoms with van der Waals surface area (Å²) in [6.45, 7) is 2.07. The first-order valence-corrected chi connectivity index (χ1v) is 8.86. The molecule has 26 heavy (non-hydrogen) atoms. The van der Waals surface area contributed by atoms with Crippen LogP contribution >= 0.6 is 0 Å². The Morgan fingerprint density at radius 2 is 1.77 bits per heavy atom. The molecule has 3 rings (SSSR count). The van der Waals surface area contributed by atoms with Crippen molar-refractivity contribution in [2.75, 3.05) is 11.9 Å². The van der Waals surface area contributed by atoms with Crippen molar-refractivity contribution < 1.29 is 0 Å². The van der Waals surface area contributed by atoms with E-state index < -0.39 is 11.2 Å². The van der Waals surface area contributed by atoms with Gasteiger partial charge in [0, 0.05) is 33.1 Å². The number of hydrogen-bond acceptors (Lipinski definition) is 4. The Labute approximate surface area is 152 Å². The van der Waals surface area contributed by atoms with Crippen molar-refractivity contribution >= 4 is 5.82 Å². The molecule has 0 bridgehead atoms. The maximum absolute atomic E-state index is 12.4. The van der Waals surface area contributed by atoms with Crippen molar-refractivity contribution in [3.63, 3.8) is 0 Å². The summed E-state index contributed by atoms with van der Waals surface area (Å²) in [4.78, 5) is 26.7. The molecular formula is C20H24N4O2. The SMILES string of the molecule is Cc1ccc([C@@H]2CCC[C@@H]2N(C)c2c(C#N)c(=O)n(C)c(=O)n2C)cc1. The normalized spacial score (nSPS) is 19.3. The standard InChI is InChI=1S/C20H24N4O2/c1-13-8-10-14(11-9-13)15-6-5-7-17(15)22(2)18-16(12-21)19(25)24(4)20(26)23(18)3/h8-11,15,17H,5-7H2,1-4H3/t15-,17-/m0/s1. The highest BCUT2D eigenvalue weighted by Gasteiger charge is 2.34. The Balaban J connectivity index is 2.08. The van der Waals surface area contributed by atoms with E-state index in [9.17, 15) is 14.9 Å². The van der Waals surface area contributed by atoms with E-state index in [0.29, 0.717) is 11.7 Å². The molecule has 2 aromatic rings. The summed E-state index contributed by atoms with van der Waals surface area (Å²) in [6.07, 6.45) is 3.09. The van der Waals surface area contributed by atoms with Crippen molar-refractivity contribution in [2.45, 2.75) is 38.1 Å². The van der Waals surface area contributed by atoms with Gasteiger partial charge in [-0.05, 0) is 25.3 Å². The minimum Gasteiger partial charge on any atom is -0.356 e. The second-order valence-electron chi connectivity index (χ2n) is 7.14. The number of hydrogen-bond donors (Lipinski definition) is 0. The van der Waals surface area contributed by atoms with Crippen LogP contribution in [-0.4, -0.2) is 22.2 Å². The predicted molar refractivity (Wildman–Crippen MR) is 102 cm³/mol. The first kappa shape index (κ1) is 18.0. The van der Waals surface area contributed by atoms with Gasteiger partial charge in [-0.3, -0.25) is 13.9 Å². The van der Waals surface area contributed by atoms with Crippen LogP contribution in [-0.2, 0) is 14.1 Å². The van der Waals surface area contributed by atoms with Crippen LogP contribution in [0.4, 0.5) is 5.82 Å². The molecule has 1 aromatic carbocycles. The van der Waals surface area contributed by atoms with Gasteiger partial charge in [0.1, 0.15) is 11.9 Å². The number of nitriles is 1. The molecule has 1 fully saturated rings. The van der Waals surface area contributed by atoms with Crippen LogP contribution < -0.4 is 16.1 Å². The molecule has 1 heterocycles. The quantitative estimate of drug-likeness (QED) is 0.847. The molecule has 1 aliphatic rings. The van der Waals surface area contributed by atoms with E-state index in [-0.39, 0.29) is 11.6 Å². The van der Waals surface area contributed by atoms with Crippen molar-refractivity contribution in [2.24, 2.45) is 14.1 Å². The molecule has 1 saturated carbocycles. The average molecular weight is 352 g/mol. The number of aromatic nitrogens is 2. The van der Waals surface area contributed by atoms with E-state index >= 15 is 0 Å². The molecule has 2 atom stereocenters. The van der Waals surface area contributed by atoms with Gasteiger partial charge in [-0.1, -0.05) is 36.2 Å². The van der Waals surface area contributed by atoms with E-state index in [1.54, 1.807) is 7.05 Å². The minimum absolute atomic E-state index is 0.0201. The van der Waals surface area contributed by atoms with Crippen molar-refractivity contribution in [3.8, 4) is 6.07 Å². The van der Waals surface area contributed by atoms with Crippen molar-refractivity contribution in [3.05, 3.63) is 61.8 Å². The smallest absolute Gasteiger partial charge is 0.332 e. The Morgan fingerprint density at radius 1 is 1.12 bits per heavy atom. The molecule has 0 spiro atoms. The molecule has 136 valence electrons. The van der Waals surface area contributed by atoms with Gasteiger partial charge in [0.15, 0.2) is 5.56 Å². The zero-order valence-corrected chi connectivity index (χ0v) is 15.7. The number of aryl methyl sites for hydroxylation is 1. The van der Waals surface area contributed by atoms with Gasteiger partial charge >= 0.3 is 5.69 Å². The monoisotopic (exact) mass is 352 g/mol. The van der Waals surface area contributed by atoms with Gasteiger partial charge in [-0.25, -0.2) is 4.79 Å². The second kappa shape index (κ2) is 6.83. The molecule has 0 aliphatic heterocycles. The van der Waals surface area contributed by atoms with Crippen LogP contribution in [0.1, 0.15) is 41.9 Å². The Morgan fingerprint density at radius 3 is 2.38 bits per heavy atom. The predicted octanol–water partition coefficient (Wildman–Crippen LogP) is 2.04. The number of likely N-dealkylation sites (N-methyl/N-ethyl adjacent to an activating group) is 1. The van der Waals surface area contributed by atoms with Gasteiger partial charge in [0.2, 0.25) is 0 Å². The summed E-state index contributed by atoms with van der Waals surface area (Å²) < 4.78 is 2.40. The average Bonchev–Trinajstić information content (AvgIpc) is 3.12. The Hall–Kier alpha value is -2.81. The maximum atomic E-state index is 12.4. The van der Waals surface area contributed by atoms with Crippen molar-refractivity contribution in [1.29, 1.82) is 5.26 Å². The molecular weight excluding hydrogens is 328 g/mol. The maximum Gasteiger partial charge on any atom is 0.332 e. The molecule has 0 amide bonds. The van der Waals surface area contributed by atoms with E-state index in [1.165, 1.54) is 22.7 Å². The second-order valence-corrected chi connectivity index (χ2v) is 7.14. The van der Waals surface area contributed by atoms with E-state index in [2.05, 4.69) is 31.2 Å². The highest BCUT2D eigenvalue weighted by Crippen LogP contribution is 2.39. The fourth-order valence-electron chi connectivity index (χ4n) is 4.11. The lowest BCUT2D eigenvalue weighted by molar-refractivity contribution is 0.556. The highest BCUT2D eigenvalue weighted by molar-refractivity contribution is 5.54. The molecule has 6 heteroatoms. The summed E-state index contributed by atoms with van der Waals surface area (Å²) in [5.74, 6) is 0.718. The Bertz CT molecular complexity index is 979. The Kier molecular flexibility index (Phi) is 4.73. The summed E-state index contributed by atoms with van der Waals surface area (Å²) in [5, 5.41) is 9.54. The number of benzene rings is 1. The van der Waals surface area contributed by atoms with Crippen molar-refractivity contribution in [1.82, 2.24) is 9.13 Å². The third-order valence-electron chi connectivity index (χ3n) is 5.56. The van der Waals surface area contributed by atoms with Crippen LogP contribution in [0.25, 0.3) is 0 Å². The van der Waals surface area contributed by atoms with Gasteiger partial charge < -0.3 is 4.90 Å². The summed E-state index contributed by atoms with van der Waals surface area (Å²) in [5.41, 5.74) is 1.55. The molecule has 0 radical (unpaired) electrons. The lowest BCUT2D eigenvalue weighted by Gasteiger charge is -2.33. The van der Waals surface area contributed by atoms with Gasteiger partial charge in [-0.2, -0.15) is 5.26 Å². The lowest BCUT2D eigenvalue weighted by Crippen LogP contribution is -2.44. The molecule has 0 N–H and O–H groups in total. The van der Waals surface area contributed by atoms with Crippen LogP contribution in [0, 0.1) is 18.3 Å². The van der Waals surface area contributed by atoms with Crippen LogP contribution in [0.5, 0.6) is 0 Å². The minimum atomic E-state index is -0.540. The van der Waals surface area contributed by atoms with Crippen LogP contribution in [0.15, 0.2) is 33.9 Å². The molecule has 0 unspecified atom stereocenters. The van der Waals surface area contributed by atoms with Crippen LogP contribution in [0.3, 0.4) is 0 Å². The summed E-state index contributed by atoms with van der Waals surface area (Å²) in [6, 6.07) is 10.7. The largest absolute Gasteiger partial charge is 0.356 e. The lowest BCUT2D eigenvalue weighted by atomic mass is 9.92. The van der Waals surface area contributed by atoms with Crippen LogP contribution in [0.2, 0.25) is 0 Å². The number of anilines is 1. The molecule has 0 saturated heterocycles. The van der Waals surface area contributed by atoms with E-state index in [1.807, 2.05) is 18.0 Å². The zero-order chi connectivity index (χ0) is 19.0. The van der Waals surface area contributed by atoms with E-state index in [0.717, 1.165) is 23.8 Å². The first-order chi connectivity index (χ1) is 12.4. The third-order valence-corrected chi connectivity index (χ3v) is 5.56. The molecule has 1 aliphatic carbocycles. The number of nitrogens with zero attached hydrogens (tertiary/aromatic N) is 4. The summed E-state index contributed by atoms with van der Waals surface area (Å²) >= 11 is 0. The molecule has 1 aromatic heterocycles. The topological polar surface area (TPSA) is 71.0 Å². The van der Waals surface area contributed by atoms with Gasteiger partial charge in [-0.15, -0.1) is 0 Å². The fourth-order valence-corrected chi connectivity index (χ4v) is 4.11. The molecule has 6 nitrogen and oxygen atoms in total. The van der Waals surface area contributed by atoms with Gasteiger partial charge in [0.25, 0.3) is 5.56 Å². The fraction of sp³-hybridized carbons (Fsp3) is 0.450. The first-order valence-electron chi connectivity index (χ1n) is 8.86. The van der Waals surface area contributed by atoms with Gasteiger partial charge in [0.05, 0.1) is 0 Å². The third kappa shape index (κ3) is 2.84. The highest BCUT2D eigenvalue weighted by atomic mass is 16.2. The number of rotatable bonds is 3. The zero-order valence-electron chi connectivity index (χ0n) is 15.7. The summed E-state index contributed by atoms with van der Waals surface area (Å²) in [7, 11) is 4.90. The van der Waals surface area contributed by atoms with E-state index in [4.69, 9.17) is 0 Å².